The van der Waals surface area contributed by atoms with Crippen LogP contribution in [0.15, 0.2) is 56.5 Å². The Morgan fingerprint density at radius 2 is 1.88 bits per heavy atom. The Morgan fingerprint density at radius 3 is 2.56 bits per heavy atom. The quantitative estimate of drug-likeness (QED) is 0.431. The lowest BCUT2D eigenvalue weighted by Gasteiger charge is -2.02. The van der Waals surface area contributed by atoms with E-state index >= 15 is 0 Å². The average molecular weight is 482 g/mol. The summed E-state index contributed by atoms with van der Waals surface area (Å²) in [5, 5.41) is 17.7. The molecular formula is C16H10Br2N4O2S. The molecule has 0 aliphatic heterocycles. The van der Waals surface area contributed by atoms with Gasteiger partial charge in [0, 0.05) is 5.56 Å². The van der Waals surface area contributed by atoms with Crippen molar-refractivity contribution in [1.82, 2.24) is 15.0 Å². The molecule has 1 aromatic heterocycles. The number of benzene rings is 2. The van der Waals surface area contributed by atoms with Gasteiger partial charge in [0.2, 0.25) is 0 Å². The number of nitrogens with one attached hydrogen (secondary N) is 1. The third kappa shape index (κ3) is 4.12. The summed E-state index contributed by atoms with van der Waals surface area (Å²) in [6, 6.07) is 12.7. The number of aromatic hydroxyl groups is 1. The summed E-state index contributed by atoms with van der Waals surface area (Å²) in [4.78, 5) is 12.7. The first-order valence-corrected chi connectivity index (χ1v) is 9.31. The van der Waals surface area contributed by atoms with Gasteiger partial charge in [0.15, 0.2) is 0 Å². The highest BCUT2D eigenvalue weighted by atomic mass is 79.9. The number of phenolic OH excluding ortho intramolecular Hbond substituents is 1. The Kier molecular flexibility index (Phi) is 5.57. The van der Waals surface area contributed by atoms with Crippen LogP contribution in [0.25, 0.3) is 11.3 Å². The normalized spacial score (nSPS) is 11.0. The third-order valence-corrected chi connectivity index (χ3v) is 5.09. The molecule has 126 valence electrons. The van der Waals surface area contributed by atoms with Crippen molar-refractivity contribution < 1.29 is 9.90 Å². The Labute approximate surface area is 164 Å². The van der Waals surface area contributed by atoms with Crippen LogP contribution in [0.4, 0.5) is 0 Å². The number of aromatic nitrogens is 2. The van der Waals surface area contributed by atoms with Crippen LogP contribution in [0.3, 0.4) is 0 Å². The minimum Gasteiger partial charge on any atom is -0.506 e. The van der Waals surface area contributed by atoms with Crippen LogP contribution in [0.1, 0.15) is 15.2 Å². The molecule has 3 rings (SSSR count). The zero-order valence-corrected chi connectivity index (χ0v) is 16.5. The van der Waals surface area contributed by atoms with Crippen LogP contribution in [-0.2, 0) is 0 Å². The maximum Gasteiger partial charge on any atom is 0.285 e. The third-order valence-electron chi connectivity index (χ3n) is 3.16. The first-order chi connectivity index (χ1) is 12.1. The molecule has 25 heavy (non-hydrogen) atoms. The molecule has 0 spiro atoms. The SMILES string of the molecule is O=C(N/N=C/c1cc(Br)c(O)c(Br)c1)c1snnc1-c1ccccc1. The molecular weight excluding hydrogens is 472 g/mol. The second-order valence-corrected chi connectivity index (χ2v) is 7.31. The Hall–Kier alpha value is -2.10. The number of phenols is 1. The van der Waals surface area contributed by atoms with E-state index in [1.165, 1.54) is 6.21 Å². The van der Waals surface area contributed by atoms with E-state index in [1.54, 1.807) is 12.1 Å². The van der Waals surface area contributed by atoms with E-state index in [0.29, 0.717) is 25.1 Å². The molecule has 0 bridgehead atoms. The lowest BCUT2D eigenvalue weighted by molar-refractivity contribution is 0.0959. The van der Waals surface area contributed by atoms with Crippen LogP contribution >= 0.6 is 43.4 Å². The van der Waals surface area contributed by atoms with Crippen molar-refractivity contribution in [1.29, 1.82) is 0 Å². The largest absolute Gasteiger partial charge is 0.506 e. The van der Waals surface area contributed by atoms with E-state index in [2.05, 4.69) is 52.0 Å². The Balaban J connectivity index is 1.75. The molecule has 0 saturated heterocycles. The highest BCUT2D eigenvalue weighted by Gasteiger charge is 2.17. The lowest BCUT2D eigenvalue weighted by Crippen LogP contribution is -2.17. The molecule has 1 amide bonds. The lowest BCUT2D eigenvalue weighted by atomic mass is 10.1. The number of hydrazone groups is 1. The molecule has 6 nitrogen and oxygen atoms in total. The van der Waals surface area contributed by atoms with Gasteiger partial charge >= 0.3 is 0 Å². The van der Waals surface area contributed by atoms with Crippen LogP contribution in [-0.4, -0.2) is 26.8 Å². The molecule has 0 saturated carbocycles. The van der Waals surface area contributed by atoms with E-state index in [1.807, 2.05) is 30.3 Å². The second-order valence-electron chi connectivity index (χ2n) is 4.85. The van der Waals surface area contributed by atoms with Crippen LogP contribution < -0.4 is 5.43 Å². The van der Waals surface area contributed by atoms with E-state index in [9.17, 15) is 9.90 Å². The van der Waals surface area contributed by atoms with Gasteiger partial charge in [-0.1, -0.05) is 34.8 Å². The van der Waals surface area contributed by atoms with Crippen molar-refractivity contribution in [3.63, 3.8) is 0 Å². The summed E-state index contributed by atoms with van der Waals surface area (Å²) in [6.45, 7) is 0. The van der Waals surface area contributed by atoms with Gasteiger partial charge in [-0.2, -0.15) is 5.10 Å². The van der Waals surface area contributed by atoms with E-state index in [-0.39, 0.29) is 11.7 Å². The van der Waals surface area contributed by atoms with Gasteiger partial charge < -0.3 is 5.11 Å². The molecule has 0 aliphatic rings. The summed E-state index contributed by atoms with van der Waals surface area (Å²) in [7, 11) is 0. The molecule has 0 aliphatic carbocycles. The van der Waals surface area contributed by atoms with E-state index < -0.39 is 0 Å². The van der Waals surface area contributed by atoms with Crippen LogP contribution in [0.2, 0.25) is 0 Å². The minimum atomic E-state index is -0.387. The van der Waals surface area contributed by atoms with Crippen molar-refractivity contribution in [2.24, 2.45) is 5.10 Å². The van der Waals surface area contributed by atoms with Crippen molar-refractivity contribution in [2.75, 3.05) is 0 Å². The number of amides is 1. The maximum atomic E-state index is 12.3. The van der Waals surface area contributed by atoms with Crippen molar-refractivity contribution in [3.8, 4) is 17.0 Å². The molecule has 0 fully saturated rings. The molecule has 0 radical (unpaired) electrons. The predicted octanol–water partition coefficient (Wildman–Crippen LogP) is 4.20. The maximum absolute atomic E-state index is 12.3. The number of rotatable bonds is 4. The summed E-state index contributed by atoms with van der Waals surface area (Å²) in [5.74, 6) is -0.286. The van der Waals surface area contributed by atoms with Gasteiger partial charge in [0.25, 0.3) is 5.91 Å². The topological polar surface area (TPSA) is 87.5 Å². The van der Waals surface area contributed by atoms with Gasteiger partial charge in [-0.05, 0) is 61.1 Å². The Morgan fingerprint density at radius 1 is 1.20 bits per heavy atom. The monoisotopic (exact) mass is 480 g/mol. The van der Waals surface area contributed by atoms with Gasteiger partial charge in [-0.15, -0.1) is 5.10 Å². The number of carbonyl (C=O) groups excluding carboxylic acids is 1. The molecule has 0 atom stereocenters. The summed E-state index contributed by atoms with van der Waals surface area (Å²) in [6.07, 6.45) is 1.48. The van der Waals surface area contributed by atoms with E-state index in [0.717, 1.165) is 17.1 Å². The first-order valence-electron chi connectivity index (χ1n) is 6.95. The number of hydrogen-bond acceptors (Lipinski definition) is 6. The zero-order valence-electron chi connectivity index (χ0n) is 12.5. The van der Waals surface area contributed by atoms with Gasteiger partial charge in [-0.3, -0.25) is 4.79 Å². The van der Waals surface area contributed by atoms with Gasteiger partial charge in [0.1, 0.15) is 16.3 Å². The van der Waals surface area contributed by atoms with E-state index in [4.69, 9.17) is 0 Å². The fourth-order valence-electron chi connectivity index (χ4n) is 2.00. The smallest absolute Gasteiger partial charge is 0.285 e. The van der Waals surface area contributed by atoms with Crippen LogP contribution in [0, 0.1) is 0 Å². The summed E-state index contributed by atoms with van der Waals surface area (Å²) in [5.41, 5.74) is 4.50. The molecule has 2 N–H and O–H groups in total. The fraction of sp³-hybridized carbons (Fsp3) is 0. The van der Waals surface area contributed by atoms with Gasteiger partial charge in [-0.25, -0.2) is 5.43 Å². The highest BCUT2D eigenvalue weighted by Crippen LogP contribution is 2.32. The molecule has 9 heteroatoms. The summed E-state index contributed by atoms with van der Waals surface area (Å²) >= 11 is 7.49. The summed E-state index contributed by atoms with van der Waals surface area (Å²) < 4.78 is 4.90. The second kappa shape index (κ2) is 7.85. The molecule has 0 unspecified atom stereocenters. The number of halogens is 2. The van der Waals surface area contributed by atoms with Crippen LogP contribution in [0.5, 0.6) is 5.75 Å². The molecule has 3 aromatic rings. The number of hydrogen-bond donors (Lipinski definition) is 2. The van der Waals surface area contributed by atoms with Gasteiger partial charge in [0.05, 0.1) is 15.2 Å². The first kappa shape index (κ1) is 17.7. The average Bonchev–Trinajstić information content (AvgIpc) is 3.10. The number of nitrogens with zero attached hydrogens (tertiary/aromatic N) is 3. The highest BCUT2D eigenvalue weighted by molar-refractivity contribution is 9.11. The number of carbonyl (C=O) groups is 1. The van der Waals surface area contributed by atoms with Crippen molar-refractivity contribution in [3.05, 3.63) is 61.9 Å². The van der Waals surface area contributed by atoms with Crippen molar-refractivity contribution in [2.45, 2.75) is 0 Å². The zero-order chi connectivity index (χ0) is 17.8. The molecule has 1 heterocycles. The molecule has 2 aromatic carbocycles. The predicted molar refractivity (Wildman–Crippen MR) is 104 cm³/mol. The Bertz CT molecular complexity index is 921. The fourth-order valence-corrected chi connectivity index (χ4v) is 3.80. The minimum absolute atomic E-state index is 0.101. The standard InChI is InChI=1S/C16H10Br2N4O2S/c17-11-6-9(7-12(18)14(11)23)8-19-21-16(24)15-13(20-22-25-15)10-4-2-1-3-5-10/h1-8,23H,(H,21,24)/b19-8+. The van der Waals surface area contributed by atoms with Crippen molar-refractivity contribution >= 4 is 55.5 Å².